The summed E-state index contributed by atoms with van der Waals surface area (Å²) in [5.74, 6) is 2.46. The van der Waals surface area contributed by atoms with E-state index in [0.717, 1.165) is 12.2 Å². The molecule has 0 aliphatic carbocycles. The third kappa shape index (κ3) is 2.39. The molecule has 0 saturated heterocycles. The van der Waals surface area contributed by atoms with Gasteiger partial charge in [-0.05, 0) is 19.8 Å². The van der Waals surface area contributed by atoms with Crippen molar-refractivity contribution in [3.63, 3.8) is 0 Å². The molecule has 0 radical (unpaired) electrons. The lowest BCUT2D eigenvalue weighted by molar-refractivity contribution is 0.565. The summed E-state index contributed by atoms with van der Waals surface area (Å²) in [6, 6.07) is 0. The highest BCUT2D eigenvalue weighted by Crippen LogP contribution is 1.96. The molecule has 0 aliphatic rings. The molecule has 3 heteroatoms. The second kappa shape index (κ2) is 5.36. The predicted molar refractivity (Wildman–Crippen MR) is 49.7 cm³/mol. The van der Waals surface area contributed by atoms with Crippen LogP contribution in [0.3, 0.4) is 0 Å². The molecule has 0 saturated carbocycles. The predicted octanol–water partition coefficient (Wildman–Crippen LogP) is 1.61. The molecule has 0 unspecified atom stereocenters. The van der Waals surface area contributed by atoms with Gasteiger partial charge in [0.1, 0.15) is 0 Å². The third-order valence-corrected chi connectivity index (χ3v) is 1.24. The summed E-state index contributed by atoms with van der Waals surface area (Å²) < 4.78 is 0. The summed E-state index contributed by atoms with van der Waals surface area (Å²) in [6.45, 7) is 8.59. The standard InChI is InChI=1S/C7H9N3.C2H6/c1-4-7-6(3)8-10(5-2)9-7;1-2/h1H,5H2,2-3H3;1-2H3. The van der Waals surface area contributed by atoms with Crippen LogP contribution in [0.5, 0.6) is 0 Å². The van der Waals surface area contributed by atoms with Gasteiger partial charge in [0.2, 0.25) is 0 Å². The Kier molecular flexibility index (Phi) is 4.78. The molecule has 0 fully saturated rings. The molecule has 0 bridgehead atoms. The number of aromatic nitrogens is 3. The second-order valence-electron chi connectivity index (χ2n) is 1.97. The number of nitrogens with zero attached hydrogens (tertiary/aromatic N) is 3. The molecule has 0 atom stereocenters. The van der Waals surface area contributed by atoms with Crippen LogP contribution in [-0.4, -0.2) is 15.0 Å². The Morgan fingerprint density at radius 1 is 1.42 bits per heavy atom. The van der Waals surface area contributed by atoms with Crippen LogP contribution >= 0.6 is 0 Å². The minimum atomic E-state index is 0.641. The van der Waals surface area contributed by atoms with Crippen molar-refractivity contribution in [2.24, 2.45) is 0 Å². The van der Waals surface area contributed by atoms with Crippen LogP contribution in [0.25, 0.3) is 0 Å². The van der Waals surface area contributed by atoms with Crippen LogP contribution in [0.15, 0.2) is 0 Å². The zero-order valence-corrected chi connectivity index (χ0v) is 8.13. The van der Waals surface area contributed by atoms with Gasteiger partial charge in [-0.25, -0.2) is 0 Å². The Balaban J connectivity index is 0.000000561. The first-order valence-electron chi connectivity index (χ1n) is 4.16. The molecule has 1 heterocycles. The van der Waals surface area contributed by atoms with E-state index in [1.54, 1.807) is 4.80 Å². The fraction of sp³-hybridized carbons (Fsp3) is 0.556. The summed E-state index contributed by atoms with van der Waals surface area (Å²) in [4.78, 5) is 1.59. The first-order valence-corrected chi connectivity index (χ1v) is 4.16. The number of aryl methyl sites for hydroxylation is 2. The van der Waals surface area contributed by atoms with Gasteiger partial charge < -0.3 is 0 Å². The number of hydrogen-bond donors (Lipinski definition) is 0. The van der Waals surface area contributed by atoms with E-state index in [2.05, 4.69) is 16.1 Å². The first-order chi connectivity index (χ1) is 5.77. The van der Waals surface area contributed by atoms with Gasteiger partial charge in [-0.3, -0.25) is 0 Å². The molecule has 1 aromatic heterocycles. The molecule has 3 nitrogen and oxygen atoms in total. The molecular formula is C9H15N3. The van der Waals surface area contributed by atoms with Gasteiger partial charge in [-0.1, -0.05) is 13.8 Å². The highest BCUT2D eigenvalue weighted by molar-refractivity contribution is 5.26. The van der Waals surface area contributed by atoms with E-state index in [1.807, 2.05) is 27.7 Å². The summed E-state index contributed by atoms with van der Waals surface area (Å²) in [5, 5.41) is 8.08. The second-order valence-corrected chi connectivity index (χ2v) is 1.97. The van der Waals surface area contributed by atoms with Crippen molar-refractivity contribution in [3.8, 4) is 12.3 Å². The van der Waals surface area contributed by atoms with Crippen molar-refractivity contribution in [3.05, 3.63) is 11.4 Å². The highest BCUT2D eigenvalue weighted by Gasteiger charge is 2.00. The maximum absolute atomic E-state index is 5.15. The molecule has 0 amide bonds. The molecular weight excluding hydrogens is 150 g/mol. The zero-order valence-electron chi connectivity index (χ0n) is 8.13. The number of hydrogen-bond acceptors (Lipinski definition) is 2. The lowest BCUT2D eigenvalue weighted by Crippen LogP contribution is -1.98. The quantitative estimate of drug-likeness (QED) is 0.592. The van der Waals surface area contributed by atoms with Crippen molar-refractivity contribution in [1.82, 2.24) is 15.0 Å². The summed E-state index contributed by atoms with van der Waals surface area (Å²) >= 11 is 0. The normalized spacial score (nSPS) is 8.25. The highest BCUT2D eigenvalue weighted by atomic mass is 15.5. The average molecular weight is 165 g/mol. The Labute approximate surface area is 73.8 Å². The Morgan fingerprint density at radius 2 is 2.00 bits per heavy atom. The van der Waals surface area contributed by atoms with Gasteiger partial charge in [0.05, 0.1) is 12.2 Å². The Bertz CT molecular complexity index is 268. The molecule has 0 aromatic carbocycles. The monoisotopic (exact) mass is 165 g/mol. The largest absolute Gasteiger partial charge is 0.184 e. The van der Waals surface area contributed by atoms with Crippen LogP contribution in [0.1, 0.15) is 32.2 Å². The summed E-state index contributed by atoms with van der Waals surface area (Å²) in [7, 11) is 0. The van der Waals surface area contributed by atoms with Gasteiger partial charge in [0, 0.05) is 0 Å². The Morgan fingerprint density at radius 3 is 2.25 bits per heavy atom. The van der Waals surface area contributed by atoms with E-state index in [9.17, 15) is 0 Å². The van der Waals surface area contributed by atoms with Crippen molar-refractivity contribution < 1.29 is 0 Å². The molecule has 0 N–H and O–H groups in total. The number of rotatable bonds is 1. The smallest absolute Gasteiger partial charge is 0.158 e. The van der Waals surface area contributed by atoms with Crippen LogP contribution in [0.4, 0.5) is 0 Å². The lowest BCUT2D eigenvalue weighted by atomic mass is 10.4. The molecule has 1 aromatic rings. The van der Waals surface area contributed by atoms with Crippen molar-refractivity contribution >= 4 is 0 Å². The molecule has 1 rings (SSSR count). The minimum Gasteiger partial charge on any atom is -0.184 e. The van der Waals surface area contributed by atoms with Crippen LogP contribution in [0.2, 0.25) is 0 Å². The molecule has 66 valence electrons. The average Bonchev–Trinajstić information content (AvgIpc) is 2.49. The van der Waals surface area contributed by atoms with Gasteiger partial charge in [0.25, 0.3) is 0 Å². The van der Waals surface area contributed by atoms with E-state index >= 15 is 0 Å². The summed E-state index contributed by atoms with van der Waals surface area (Å²) in [5.41, 5.74) is 1.46. The Hall–Kier alpha value is -1.30. The van der Waals surface area contributed by atoms with Crippen molar-refractivity contribution in [2.45, 2.75) is 34.2 Å². The maximum atomic E-state index is 5.15. The van der Waals surface area contributed by atoms with Crippen molar-refractivity contribution in [1.29, 1.82) is 0 Å². The topological polar surface area (TPSA) is 30.7 Å². The SMILES string of the molecule is C#Cc1nn(CC)nc1C.CC. The fourth-order valence-corrected chi connectivity index (χ4v) is 0.705. The minimum absolute atomic E-state index is 0.641. The first kappa shape index (κ1) is 10.7. The summed E-state index contributed by atoms with van der Waals surface area (Å²) in [6.07, 6.45) is 5.15. The van der Waals surface area contributed by atoms with E-state index in [4.69, 9.17) is 6.42 Å². The van der Waals surface area contributed by atoms with E-state index in [0.29, 0.717) is 5.69 Å². The lowest BCUT2D eigenvalue weighted by Gasteiger charge is -1.86. The van der Waals surface area contributed by atoms with E-state index in [-0.39, 0.29) is 0 Å². The zero-order chi connectivity index (χ0) is 9.56. The third-order valence-electron chi connectivity index (χ3n) is 1.24. The number of terminal acetylenes is 1. The molecule has 0 spiro atoms. The fourth-order valence-electron chi connectivity index (χ4n) is 0.705. The van der Waals surface area contributed by atoms with Crippen molar-refractivity contribution in [2.75, 3.05) is 0 Å². The molecule has 12 heavy (non-hydrogen) atoms. The van der Waals surface area contributed by atoms with Gasteiger partial charge in [-0.2, -0.15) is 9.90 Å². The van der Waals surface area contributed by atoms with E-state index < -0.39 is 0 Å². The van der Waals surface area contributed by atoms with Crippen LogP contribution in [0, 0.1) is 19.3 Å². The van der Waals surface area contributed by atoms with Gasteiger partial charge in [-0.15, -0.1) is 11.5 Å². The van der Waals surface area contributed by atoms with Gasteiger partial charge in [0.15, 0.2) is 5.69 Å². The van der Waals surface area contributed by atoms with Gasteiger partial charge >= 0.3 is 0 Å². The molecule has 0 aliphatic heterocycles. The van der Waals surface area contributed by atoms with Crippen LogP contribution in [-0.2, 0) is 6.54 Å². The van der Waals surface area contributed by atoms with E-state index in [1.165, 1.54) is 0 Å². The van der Waals surface area contributed by atoms with Crippen LogP contribution < -0.4 is 0 Å². The maximum Gasteiger partial charge on any atom is 0.158 e.